The summed E-state index contributed by atoms with van der Waals surface area (Å²) in [5, 5.41) is 16.2. The lowest BCUT2D eigenvalue weighted by Gasteiger charge is -2.38. The number of halogens is 2. The first kappa shape index (κ1) is 25.1. The van der Waals surface area contributed by atoms with E-state index in [9.17, 15) is 9.59 Å². The molecule has 2 aromatic heterocycles. The number of aromatic amines is 1. The van der Waals surface area contributed by atoms with E-state index in [1.54, 1.807) is 11.0 Å². The second kappa shape index (κ2) is 10.5. The molecule has 2 N–H and O–H groups in total. The summed E-state index contributed by atoms with van der Waals surface area (Å²) in [6.45, 7) is 1.35. The number of fused-ring (bicyclic) bond motifs is 1. The van der Waals surface area contributed by atoms with Crippen LogP contribution in [0.3, 0.4) is 0 Å². The van der Waals surface area contributed by atoms with Crippen LogP contribution >= 0.6 is 23.2 Å². The van der Waals surface area contributed by atoms with Gasteiger partial charge < -0.3 is 19.9 Å². The molecule has 11 nitrogen and oxygen atoms in total. The molecule has 39 heavy (non-hydrogen) atoms. The minimum atomic E-state index is -0.470. The molecule has 0 radical (unpaired) electrons. The first-order valence-corrected chi connectivity index (χ1v) is 13.0. The first-order valence-electron chi connectivity index (χ1n) is 12.3. The molecule has 6 rings (SSSR count). The van der Waals surface area contributed by atoms with Gasteiger partial charge in [0.2, 0.25) is 0 Å². The van der Waals surface area contributed by atoms with Crippen molar-refractivity contribution < 1.29 is 14.3 Å². The molecule has 3 heterocycles. The molecule has 2 aliphatic rings. The van der Waals surface area contributed by atoms with E-state index in [0.29, 0.717) is 18.4 Å². The van der Waals surface area contributed by atoms with Crippen LogP contribution in [0.2, 0.25) is 10.0 Å². The zero-order valence-electron chi connectivity index (χ0n) is 20.5. The highest BCUT2D eigenvalue weighted by Gasteiger charge is 2.36. The van der Waals surface area contributed by atoms with E-state index in [4.69, 9.17) is 27.9 Å². The van der Waals surface area contributed by atoms with Crippen LogP contribution in [-0.4, -0.2) is 56.6 Å². The second-order valence-corrected chi connectivity index (χ2v) is 9.93. The monoisotopic (exact) mass is 564 g/mol. The van der Waals surface area contributed by atoms with Crippen LogP contribution in [0.15, 0.2) is 54.9 Å². The van der Waals surface area contributed by atoms with Gasteiger partial charge in [0.1, 0.15) is 17.1 Å². The van der Waals surface area contributed by atoms with Crippen LogP contribution in [-0.2, 0) is 6.54 Å². The van der Waals surface area contributed by atoms with Gasteiger partial charge in [0.25, 0.3) is 11.8 Å². The molecule has 1 fully saturated rings. The molecule has 0 bridgehead atoms. The highest BCUT2D eigenvalue weighted by Crippen LogP contribution is 2.41. The molecule has 1 saturated carbocycles. The predicted octanol–water partition coefficient (Wildman–Crippen LogP) is 4.25. The van der Waals surface area contributed by atoms with Crippen molar-refractivity contribution in [3.05, 3.63) is 81.9 Å². The fourth-order valence-electron chi connectivity index (χ4n) is 4.55. The van der Waals surface area contributed by atoms with Crippen LogP contribution in [0.1, 0.15) is 39.4 Å². The molecule has 0 unspecified atom stereocenters. The second-order valence-electron chi connectivity index (χ2n) is 9.12. The van der Waals surface area contributed by atoms with Crippen molar-refractivity contribution in [2.45, 2.75) is 25.4 Å². The van der Waals surface area contributed by atoms with Crippen LogP contribution in [0, 0.1) is 0 Å². The summed E-state index contributed by atoms with van der Waals surface area (Å²) in [6, 6.07) is 12.9. The van der Waals surface area contributed by atoms with Crippen molar-refractivity contribution in [3.63, 3.8) is 0 Å². The van der Waals surface area contributed by atoms with Crippen molar-refractivity contribution in [3.8, 4) is 11.5 Å². The Bertz CT molecular complexity index is 1540. The number of tetrazole rings is 1. The standard InChI is InChI=1S/C26H22Cl2N8O3/c27-18-12-23(19(28)11-16(18)25(37)30-14-24-31-33-34-32-24)39-22-7-8-29-13-17(22)26(38)36-10-9-35(15-5-6-15)20-3-1-2-4-21(20)36/h1-4,7-8,11-13,15H,5-6,9-10,14H2,(H,30,37)(H,31,32,33,34). The zero-order chi connectivity index (χ0) is 26.9. The minimum absolute atomic E-state index is 0.0576. The number of nitrogens with one attached hydrogen (secondary N) is 2. The molecule has 4 aromatic rings. The van der Waals surface area contributed by atoms with E-state index in [2.05, 4.69) is 41.9 Å². The smallest absolute Gasteiger partial charge is 0.263 e. The highest BCUT2D eigenvalue weighted by atomic mass is 35.5. The van der Waals surface area contributed by atoms with Gasteiger partial charge in [-0.25, -0.2) is 0 Å². The summed E-state index contributed by atoms with van der Waals surface area (Å²) in [5.74, 6) is 0.0691. The third kappa shape index (κ3) is 5.10. The Morgan fingerprint density at radius 3 is 2.62 bits per heavy atom. The number of carbonyl (C=O) groups excluding carboxylic acids is 2. The molecule has 2 aromatic carbocycles. The van der Waals surface area contributed by atoms with Gasteiger partial charge in [-0.15, -0.1) is 10.2 Å². The molecule has 0 atom stereocenters. The van der Waals surface area contributed by atoms with Crippen molar-refractivity contribution in [1.29, 1.82) is 0 Å². The van der Waals surface area contributed by atoms with E-state index in [1.165, 1.54) is 37.4 Å². The van der Waals surface area contributed by atoms with Gasteiger partial charge in [-0.1, -0.05) is 40.5 Å². The molecule has 198 valence electrons. The number of hydrogen-bond acceptors (Lipinski definition) is 8. The number of ether oxygens (including phenoxy) is 1. The molecular formula is C26H22Cl2N8O3. The molecule has 0 saturated heterocycles. The molecule has 2 amide bonds. The number of rotatable bonds is 7. The third-order valence-corrected chi connectivity index (χ3v) is 7.18. The number of para-hydroxylation sites is 2. The zero-order valence-corrected chi connectivity index (χ0v) is 22.0. The SMILES string of the molecule is O=C(NCc1nn[nH]n1)c1cc(Cl)c(Oc2ccncc2C(=O)N2CCN(C3CC3)c3ccccc32)cc1Cl. The molecule has 13 heteroatoms. The number of aromatic nitrogens is 5. The fourth-order valence-corrected chi connectivity index (χ4v) is 4.99. The molecule has 0 spiro atoms. The van der Waals surface area contributed by atoms with E-state index in [1.807, 2.05) is 18.2 Å². The number of H-pyrrole nitrogens is 1. The minimum Gasteiger partial charge on any atom is -0.455 e. The fraction of sp³-hybridized carbons (Fsp3) is 0.231. The van der Waals surface area contributed by atoms with Gasteiger partial charge >= 0.3 is 0 Å². The van der Waals surface area contributed by atoms with Crippen molar-refractivity contribution in [2.24, 2.45) is 0 Å². The van der Waals surface area contributed by atoms with Gasteiger partial charge in [-0.2, -0.15) is 5.21 Å². The lowest BCUT2D eigenvalue weighted by molar-refractivity contribution is 0.0948. The van der Waals surface area contributed by atoms with Crippen molar-refractivity contribution in [1.82, 2.24) is 30.9 Å². The molecule has 1 aliphatic heterocycles. The number of benzene rings is 2. The summed E-state index contributed by atoms with van der Waals surface area (Å²) >= 11 is 12.9. The quantitative estimate of drug-likeness (QED) is 0.340. The van der Waals surface area contributed by atoms with E-state index in [0.717, 1.165) is 17.9 Å². The first-order chi connectivity index (χ1) is 19.0. The van der Waals surface area contributed by atoms with Crippen LogP contribution in [0.4, 0.5) is 11.4 Å². The Morgan fingerprint density at radius 1 is 1.03 bits per heavy atom. The Hall–Kier alpha value is -4.22. The number of pyridine rings is 1. The normalized spacial score (nSPS) is 14.6. The Labute approximate surface area is 233 Å². The lowest BCUT2D eigenvalue weighted by Crippen LogP contribution is -2.45. The summed E-state index contributed by atoms with van der Waals surface area (Å²) < 4.78 is 6.07. The van der Waals surface area contributed by atoms with Gasteiger partial charge in [0.15, 0.2) is 5.82 Å². The van der Waals surface area contributed by atoms with Crippen molar-refractivity contribution in [2.75, 3.05) is 22.9 Å². The van der Waals surface area contributed by atoms with Gasteiger partial charge in [0.05, 0.1) is 33.5 Å². The highest BCUT2D eigenvalue weighted by molar-refractivity contribution is 6.36. The Morgan fingerprint density at radius 2 is 1.85 bits per heavy atom. The van der Waals surface area contributed by atoms with Gasteiger partial charge in [0, 0.05) is 37.6 Å². The summed E-state index contributed by atoms with van der Waals surface area (Å²) in [4.78, 5) is 34.7. The average molecular weight is 565 g/mol. The van der Waals surface area contributed by atoms with E-state index in [-0.39, 0.29) is 45.1 Å². The topological polar surface area (TPSA) is 129 Å². The average Bonchev–Trinajstić information content (AvgIpc) is 3.67. The summed E-state index contributed by atoms with van der Waals surface area (Å²) in [5.41, 5.74) is 2.33. The third-order valence-electron chi connectivity index (χ3n) is 6.57. The number of hydrogen-bond donors (Lipinski definition) is 2. The maximum Gasteiger partial charge on any atom is 0.263 e. The number of amides is 2. The lowest BCUT2D eigenvalue weighted by atomic mass is 10.1. The van der Waals surface area contributed by atoms with Crippen LogP contribution < -0.4 is 19.9 Å². The number of nitrogens with zero attached hydrogens (tertiary/aromatic N) is 6. The van der Waals surface area contributed by atoms with E-state index < -0.39 is 5.91 Å². The predicted molar refractivity (Wildman–Crippen MR) is 145 cm³/mol. The van der Waals surface area contributed by atoms with Crippen LogP contribution in [0.25, 0.3) is 0 Å². The maximum atomic E-state index is 13.8. The largest absolute Gasteiger partial charge is 0.455 e. The van der Waals surface area contributed by atoms with E-state index >= 15 is 0 Å². The molecule has 1 aliphatic carbocycles. The molecular weight excluding hydrogens is 543 g/mol. The summed E-state index contributed by atoms with van der Waals surface area (Å²) in [6.07, 6.45) is 5.35. The maximum absolute atomic E-state index is 13.8. The number of carbonyl (C=O) groups is 2. The Kier molecular flexibility index (Phi) is 6.76. The van der Waals surface area contributed by atoms with Crippen LogP contribution in [0.5, 0.6) is 11.5 Å². The van der Waals surface area contributed by atoms with Gasteiger partial charge in [-0.3, -0.25) is 14.6 Å². The summed E-state index contributed by atoms with van der Waals surface area (Å²) in [7, 11) is 0. The van der Waals surface area contributed by atoms with Crippen molar-refractivity contribution >= 4 is 46.4 Å². The Balaban J connectivity index is 1.23. The van der Waals surface area contributed by atoms with Gasteiger partial charge in [-0.05, 0) is 37.1 Å². The number of anilines is 2.